The molecule has 142 valence electrons. The Morgan fingerprint density at radius 1 is 0.852 bits per heavy atom. The summed E-state index contributed by atoms with van der Waals surface area (Å²) in [5.41, 5.74) is 5.07. The van der Waals surface area contributed by atoms with Crippen LogP contribution in [0.3, 0.4) is 0 Å². The Labute approximate surface area is 159 Å². The Hall–Kier alpha value is -2.43. The zero-order valence-corrected chi connectivity index (χ0v) is 16.1. The number of hydrogen-bond donors (Lipinski definition) is 3. The van der Waals surface area contributed by atoms with E-state index < -0.39 is 7.82 Å². The smallest absolute Gasteiger partial charge is 0.457 e. The number of rotatable bonds is 4. The van der Waals surface area contributed by atoms with Gasteiger partial charge in [0.15, 0.2) is 0 Å². The fourth-order valence-corrected chi connectivity index (χ4v) is 2.81. The van der Waals surface area contributed by atoms with Crippen molar-refractivity contribution >= 4 is 7.82 Å². The predicted molar refractivity (Wildman–Crippen MR) is 107 cm³/mol. The molecule has 0 fully saturated rings. The highest BCUT2D eigenvalue weighted by molar-refractivity contribution is 7.45. The van der Waals surface area contributed by atoms with E-state index in [0.717, 1.165) is 17.9 Å². The Balaban J connectivity index is 0.000000465. The first-order valence-corrected chi connectivity index (χ1v) is 10.0. The first-order valence-electron chi connectivity index (χ1n) is 8.48. The highest BCUT2D eigenvalue weighted by Crippen LogP contribution is 2.36. The summed E-state index contributed by atoms with van der Waals surface area (Å²) < 4.78 is 15.0. The van der Waals surface area contributed by atoms with Crippen LogP contribution in [0.4, 0.5) is 0 Å². The minimum absolute atomic E-state index is 0.875. The summed E-state index contributed by atoms with van der Waals surface area (Å²) in [5, 5.41) is 0. The number of hydrogen-bond acceptors (Lipinski definition) is 2. The largest absolute Gasteiger partial charge is 0.466 e. The minimum atomic E-state index is -4.64. The SMILES string of the molecule is CCc1c(Oc2ccccc2)ccc(C)c1-c1ccccc1.O=P(O)(O)O. The summed E-state index contributed by atoms with van der Waals surface area (Å²) in [7, 11) is -4.64. The van der Waals surface area contributed by atoms with Gasteiger partial charge in [-0.2, -0.15) is 0 Å². The Bertz CT molecular complexity index is 896. The lowest BCUT2D eigenvalue weighted by atomic mass is 9.93. The van der Waals surface area contributed by atoms with E-state index in [1.807, 2.05) is 30.3 Å². The average Bonchev–Trinajstić information content (AvgIpc) is 2.63. The van der Waals surface area contributed by atoms with E-state index in [1.165, 1.54) is 22.3 Å². The molecule has 5 nitrogen and oxygen atoms in total. The number of ether oxygens (including phenoxy) is 1. The lowest BCUT2D eigenvalue weighted by molar-refractivity contribution is 0.275. The van der Waals surface area contributed by atoms with E-state index in [2.05, 4.69) is 56.3 Å². The molecule has 0 atom stereocenters. The monoisotopic (exact) mass is 386 g/mol. The predicted octanol–water partition coefficient (Wildman–Crippen LogP) is 5.09. The van der Waals surface area contributed by atoms with Gasteiger partial charge >= 0.3 is 7.82 Å². The van der Waals surface area contributed by atoms with Crippen LogP contribution in [-0.4, -0.2) is 14.7 Å². The van der Waals surface area contributed by atoms with Crippen LogP contribution in [0, 0.1) is 6.92 Å². The summed E-state index contributed by atoms with van der Waals surface area (Å²) in [6, 6.07) is 24.7. The Morgan fingerprint density at radius 2 is 1.37 bits per heavy atom. The first kappa shape index (κ1) is 20.9. The maximum atomic E-state index is 8.88. The fourth-order valence-electron chi connectivity index (χ4n) is 2.81. The molecule has 3 rings (SSSR count). The van der Waals surface area contributed by atoms with Crippen molar-refractivity contribution in [2.45, 2.75) is 20.3 Å². The molecule has 0 unspecified atom stereocenters. The van der Waals surface area contributed by atoms with Crippen LogP contribution in [0.5, 0.6) is 11.5 Å². The second-order valence-corrected chi connectivity index (χ2v) is 6.91. The second-order valence-electron chi connectivity index (χ2n) is 5.88. The van der Waals surface area contributed by atoms with Crippen molar-refractivity contribution in [2.75, 3.05) is 0 Å². The quantitative estimate of drug-likeness (QED) is 0.544. The standard InChI is InChI=1S/C21H20O.H3O4P/c1-3-19-20(22-18-12-8-5-9-13-18)15-14-16(2)21(19)17-10-6-4-7-11-17;1-5(2,3)4/h4-15H,3H2,1-2H3;(H3,1,2,3,4). The second kappa shape index (κ2) is 9.49. The number of para-hydroxylation sites is 1. The molecule has 0 amide bonds. The lowest BCUT2D eigenvalue weighted by Gasteiger charge is -2.17. The van der Waals surface area contributed by atoms with Crippen molar-refractivity contribution in [3.8, 4) is 22.6 Å². The highest BCUT2D eigenvalue weighted by atomic mass is 31.2. The summed E-state index contributed by atoms with van der Waals surface area (Å²) in [6.45, 7) is 4.34. The van der Waals surface area contributed by atoms with Gasteiger partial charge in [0.05, 0.1) is 0 Å². The van der Waals surface area contributed by atoms with E-state index in [0.29, 0.717) is 0 Å². The van der Waals surface area contributed by atoms with E-state index in [4.69, 9.17) is 24.0 Å². The van der Waals surface area contributed by atoms with Crippen LogP contribution in [0.2, 0.25) is 0 Å². The molecule has 0 aromatic heterocycles. The highest BCUT2D eigenvalue weighted by Gasteiger charge is 2.13. The molecule has 0 saturated carbocycles. The van der Waals surface area contributed by atoms with Crippen molar-refractivity contribution < 1.29 is 24.0 Å². The molecule has 3 N–H and O–H groups in total. The van der Waals surface area contributed by atoms with Crippen LogP contribution in [0.25, 0.3) is 11.1 Å². The van der Waals surface area contributed by atoms with Gasteiger partial charge in [0.1, 0.15) is 11.5 Å². The molecule has 0 saturated heterocycles. The molecule has 0 aliphatic heterocycles. The van der Waals surface area contributed by atoms with Gasteiger partial charge in [0, 0.05) is 5.56 Å². The molecule has 3 aromatic carbocycles. The van der Waals surface area contributed by atoms with Crippen LogP contribution in [0.15, 0.2) is 72.8 Å². The van der Waals surface area contributed by atoms with Crippen LogP contribution < -0.4 is 4.74 Å². The average molecular weight is 386 g/mol. The molecular weight excluding hydrogens is 363 g/mol. The fraction of sp³-hybridized carbons (Fsp3) is 0.143. The summed E-state index contributed by atoms with van der Waals surface area (Å²) >= 11 is 0. The zero-order chi connectivity index (χ0) is 19.9. The molecule has 6 heteroatoms. The number of aryl methyl sites for hydroxylation is 1. The van der Waals surface area contributed by atoms with E-state index in [1.54, 1.807) is 0 Å². The summed E-state index contributed by atoms with van der Waals surface area (Å²) in [6.07, 6.45) is 0.939. The van der Waals surface area contributed by atoms with Crippen LogP contribution in [0.1, 0.15) is 18.1 Å². The van der Waals surface area contributed by atoms with E-state index in [9.17, 15) is 0 Å². The lowest BCUT2D eigenvalue weighted by Crippen LogP contribution is -1.96. The molecule has 3 aromatic rings. The van der Waals surface area contributed by atoms with Gasteiger partial charge < -0.3 is 19.4 Å². The third-order valence-corrected chi connectivity index (χ3v) is 3.87. The number of phosphoric acid groups is 1. The normalized spacial score (nSPS) is 10.7. The molecule has 0 bridgehead atoms. The van der Waals surface area contributed by atoms with Gasteiger partial charge in [-0.3, -0.25) is 0 Å². The minimum Gasteiger partial charge on any atom is -0.457 e. The Kier molecular flexibility index (Phi) is 7.34. The van der Waals surface area contributed by atoms with Gasteiger partial charge in [-0.15, -0.1) is 0 Å². The van der Waals surface area contributed by atoms with Gasteiger partial charge in [-0.1, -0.05) is 61.5 Å². The van der Waals surface area contributed by atoms with E-state index in [-0.39, 0.29) is 0 Å². The molecule has 27 heavy (non-hydrogen) atoms. The number of benzene rings is 3. The summed E-state index contributed by atoms with van der Waals surface area (Å²) in [4.78, 5) is 21.6. The molecular formula is C21H23O5P. The van der Waals surface area contributed by atoms with Gasteiger partial charge in [-0.25, -0.2) is 4.57 Å². The summed E-state index contributed by atoms with van der Waals surface area (Å²) in [5.74, 6) is 1.82. The Morgan fingerprint density at radius 3 is 1.89 bits per heavy atom. The topological polar surface area (TPSA) is 87.0 Å². The maximum Gasteiger partial charge on any atom is 0.466 e. The van der Waals surface area contributed by atoms with Crippen molar-refractivity contribution in [1.82, 2.24) is 0 Å². The molecule has 0 heterocycles. The third kappa shape index (κ3) is 6.66. The van der Waals surface area contributed by atoms with Crippen LogP contribution in [-0.2, 0) is 11.0 Å². The van der Waals surface area contributed by atoms with Crippen molar-refractivity contribution in [1.29, 1.82) is 0 Å². The van der Waals surface area contributed by atoms with Gasteiger partial charge in [0.2, 0.25) is 0 Å². The molecule has 0 radical (unpaired) electrons. The van der Waals surface area contributed by atoms with Crippen molar-refractivity contribution in [2.24, 2.45) is 0 Å². The van der Waals surface area contributed by atoms with Crippen LogP contribution >= 0.6 is 7.82 Å². The maximum absolute atomic E-state index is 8.88. The first-order chi connectivity index (χ1) is 12.8. The molecule has 0 aliphatic carbocycles. The van der Waals surface area contributed by atoms with Crippen molar-refractivity contribution in [3.05, 3.63) is 83.9 Å². The zero-order valence-electron chi connectivity index (χ0n) is 15.2. The van der Waals surface area contributed by atoms with Gasteiger partial charge in [0.25, 0.3) is 0 Å². The molecule has 0 aliphatic rings. The van der Waals surface area contributed by atoms with Crippen molar-refractivity contribution in [3.63, 3.8) is 0 Å². The third-order valence-electron chi connectivity index (χ3n) is 3.87. The van der Waals surface area contributed by atoms with E-state index >= 15 is 0 Å². The van der Waals surface area contributed by atoms with Gasteiger partial charge in [-0.05, 0) is 48.2 Å². The molecule has 0 spiro atoms.